The molecule has 6 nitrogen and oxygen atoms in total. The van der Waals surface area contributed by atoms with E-state index in [2.05, 4.69) is 19.8 Å². The largest absolute Gasteiger partial charge is 0.461 e. The Bertz CT molecular complexity index is 859. The standard InChI is InChI=1S/C21H24Cl2N4O2/c22-19-17-8-11-27(20(17)25-21(23)24-19)16(13-26-9-4-5-10-26)12-18(28)29-14-15-6-2-1-3-7-15/h1-3,6-7,16H,4-5,8-14H2/t16-/m0/s1. The third-order valence-electron chi connectivity index (χ3n) is 5.54. The molecule has 0 N–H and O–H groups in total. The predicted octanol–water partition coefficient (Wildman–Crippen LogP) is 3.74. The average Bonchev–Trinajstić information content (AvgIpc) is 3.36. The summed E-state index contributed by atoms with van der Waals surface area (Å²) in [5, 5.41) is 0.529. The van der Waals surface area contributed by atoms with Crippen LogP contribution in [0.1, 0.15) is 30.4 Å². The van der Waals surface area contributed by atoms with E-state index in [1.807, 2.05) is 30.3 Å². The smallest absolute Gasteiger partial charge is 0.308 e. The number of ether oxygens (including phenoxy) is 1. The first-order valence-electron chi connectivity index (χ1n) is 10.0. The summed E-state index contributed by atoms with van der Waals surface area (Å²) in [5.41, 5.74) is 1.88. The summed E-state index contributed by atoms with van der Waals surface area (Å²) < 4.78 is 5.55. The zero-order chi connectivity index (χ0) is 20.2. The van der Waals surface area contributed by atoms with Crippen molar-refractivity contribution in [3.05, 3.63) is 51.9 Å². The normalized spacial score (nSPS) is 17.4. The maximum absolute atomic E-state index is 12.7. The Hall–Kier alpha value is -1.89. The number of anilines is 1. The molecule has 1 aromatic heterocycles. The molecule has 2 aliphatic rings. The van der Waals surface area contributed by atoms with Crippen molar-refractivity contribution in [2.24, 2.45) is 0 Å². The Kier molecular flexibility index (Phi) is 6.53. The minimum atomic E-state index is -0.210. The molecule has 0 radical (unpaired) electrons. The van der Waals surface area contributed by atoms with Crippen LogP contribution in [0.5, 0.6) is 0 Å². The van der Waals surface area contributed by atoms with E-state index in [4.69, 9.17) is 27.9 Å². The fraction of sp³-hybridized carbons (Fsp3) is 0.476. The summed E-state index contributed by atoms with van der Waals surface area (Å²) in [6.45, 7) is 3.93. The topological polar surface area (TPSA) is 58.6 Å². The van der Waals surface area contributed by atoms with Gasteiger partial charge in [0.05, 0.1) is 12.5 Å². The number of halogens is 2. The Morgan fingerprint density at radius 3 is 2.62 bits per heavy atom. The summed E-state index contributed by atoms with van der Waals surface area (Å²) in [7, 11) is 0. The van der Waals surface area contributed by atoms with E-state index in [1.54, 1.807) is 0 Å². The first-order valence-corrected chi connectivity index (χ1v) is 10.8. The molecule has 3 heterocycles. The van der Waals surface area contributed by atoms with Gasteiger partial charge < -0.3 is 14.5 Å². The number of hydrogen-bond donors (Lipinski definition) is 0. The van der Waals surface area contributed by atoms with E-state index in [0.29, 0.717) is 11.6 Å². The molecule has 2 aromatic rings. The van der Waals surface area contributed by atoms with Crippen molar-refractivity contribution < 1.29 is 9.53 Å². The summed E-state index contributed by atoms with van der Waals surface area (Å²) in [6.07, 6.45) is 3.44. The van der Waals surface area contributed by atoms with Crippen molar-refractivity contribution in [2.75, 3.05) is 31.1 Å². The van der Waals surface area contributed by atoms with Crippen LogP contribution >= 0.6 is 23.2 Å². The van der Waals surface area contributed by atoms with Crippen LogP contribution < -0.4 is 4.90 Å². The minimum absolute atomic E-state index is 0.0420. The number of benzene rings is 1. The predicted molar refractivity (Wildman–Crippen MR) is 113 cm³/mol. The lowest BCUT2D eigenvalue weighted by Gasteiger charge is -2.32. The van der Waals surface area contributed by atoms with Crippen LogP contribution in [0.15, 0.2) is 30.3 Å². The molecule has 8 heteroatoms. The van der Waals surface area contributed by atoms with Gasteiger partial charge in [0.15, 0.2) is 0 Å². The number of aromatic nitrogens is 2. The average molecular weight is 435 g/mol. The zero-order valence-electron chi connectivity index (χ0n) is 16.2. The fourth-order valence-electron chi connectivity index (χ4n) is 4.09. The Balaban J connectivity index is 1.48. The minimum Gasteiger partial charge on any atom is -0.461 e. The first kappa shape index (κ1) is 20.4. The lowest BCUT2D eigenvalue weighted by molar-refractivity contribution is -0.145. The molecular formula is C21H24Cl2N4O2. The molecule has 29 heavy (non-hydrogen) atoms. The van der Waals surface area contributed by atoms with Crippen LogP contribution in [0.4, 0.5) is 5.82 Å². The summed E-state index contributed by atoms with van der Waals surface area (Å²) in [6, 6.07) is 9.68. The van der Waals surface area contributed by atoms with Gasteiger partial charge in [-0.25, -0.2) is 9.97 Å². The zero-order valence-corrected chi connectivity index (χ0v) is 17.7. The molecule has 0 aliphatic carbocycles. The molecular weight excluding hydrogens is 411 g/mol. The third kappa shape index (κ3) is 5.00. The van der Waals surface area contributed by atoms with E-state index < -0.39 is 0 Å². The molecule has 1 atom stereocenters. The summed E-state index contributed by atoms with van der Waals surface area (Å²) >= 11 is 12.3. The quantitative estimate of drug-likeness (QED) is 0.375. The lowest BCUT2D eigenvalue weighted by atomic mass is 10.1. The molecule has 1 fully saturated rings. The van der Waals surface area contributed by atoms with Gasteiger partial charge in [0.2, 0.25) is 5.28 Å². The van der Waals surface area contributed by atoms with Crippen molar-refractivity contribution in [2.45, 2.75) is 38.3 Å². The van der Waals surface area contributed by atoms with Gasteiger partial charge in [-0.1, -0.05) is 41.9 Å². The molecule has 0 unspecified atom stereocenters. The second kappa shape index (κ2) is 9.28. The molecule has 0 bridgehead atoms. The molecule has 154 valence electrons. The van der Waals surface area contributed by atoms with E-state index >= 15 is 0 Å². The van der Waals surface area contributed by atoms with Gasteiger partial charge >= 0.3 is 5.97 Å². The van der Waals surface area contributed by atoms with Crippen LogP contribution in [-0.2, 0) is 22.6 Å². The Labute approximate surface area is 180 Å². The molecule has 1 aromatic carbocycles. The van der Waals surface area contributed by atoms with Crippen LogP contribution in [0.25, 0.3) is 0 Å². The first-order chi connectivity index (χ1) is 14.1. The van der Waals surface area contributed by atoms with Crippen molar-refractivity contribution in [3.63, 3.8) is 0 Å². The Morgan fingerprint density at radius 2 is 1.86 bits per heavy atom. The lowest BCUT2D eigenvalue weighted by Crippen LogP contribution is -2.44. The van der Waals surface area contributed by atoms with Gasteiger partial charge in [0, 0.05) is 18.7 Å². The number of likely N-dealkylation sites (tertiary alicyclic amines) is 1. The number of fused-ring (bicyclic) bond motifs is 1. The third-order valence-corrected chi connectivity index (χ3v) is 6.02. The molecule has 0 amide bonds. The number of nitrogens with zero attached hydrogens (tertiary/aromatic N) is 4. The molecule has 4 rings (SSSR count). The number of rotatable bonds is 7. The van der Waals surface area contributed by atoms with Gasteiger partial charge in [-0.15, -0.1) is 0 Å². The van der Waals surface area contributed by atoms with Crippen molar-refractivity contribution in [1.29, 1.82) is 0 Å². The second-order valence-electron chi connectivity index (χ2n) is 7.54. The number of esters is 1. The van der Waals surface area contributed by atoms with Gasteiger partial charge in [0.25, 0.3) is 0 Å². The van der Waals surface area contributed by atoms with Crippen LogP contribution in [0.3, 0.4) is 0 Å². The van der Waals surface area contributed by atoms with Gasteiger partial charge in [0.1, 0.15) is 17.6 Å². The van der Waals surface area contributed by atoms with Crippen LogP contribution in [0.2, 0.25) is 10.4 Å². The summed E-state index contributed by atoms with van der Waals surface area (Å²) in [4.78, 5) is 25.7. The van der Waals surface area contributed by atoms with Gasteiger partial charge in [-0.05, 0) is 49.5 Å². The number of hydrogen-bond acceptors (Lipinski definition) is 6. The SMILES string of the molecule is O=C(C[C@@H](CN1CCCC1)N1CCc2c(Cl)nc(Cl)nc21)OCc1ccccc1. The maximum Gasteiger partial charge on any atom is 0.308 e. The van der Waals surface area contributed by atoms with E-state index in [-0.39, 0.29) is 23.9 Å². The van der Waals surface area contributed by atoms with E-state index in [9.17, 15) is 4.79 Å². The molecule has 0 saturated carbocycles. The van der Waals surface area contributed by atoms with E-state index in [0.717, 1.165) is 49.5 Å². The highest BCUT2D eigenvalue weighted by atomic mass is 35.5. The molecule has 1 saturated heterocycles. The van der Waals surface area contributed by atoms with Crippen LogP contribution in [0, 0.1) is 0 Å². The number of carbonyl (C=O) groups is 1. The molecule has 0 spiro atoms. The van der Waals surface area contributed by atoms with Gasteiger partial charge in [-0.3, -0.25) is 4.79 Å². The van der Waals surface area contributed by atoms with Crippen molar-refractivity contribution in [3.8, 4) is 0 Å². The maximum atomic E-state index is 12.7. The molecule has 2 aliphatic heterocycles. The van der Waals surface area contributed by atoms with Crippen molar-refractivity contribution >= 4 is 35.0 Å². The highest BCUT2D eigenvalue weighted by Crippen LogP contribution is 2.34. The van der Waals surface area contributed by atoms with Crippen molar-refractivity contribution in [1.82, 2.24) is 14.9 Å². The van der Waals surface area contributed by atoms with Crippen LogP contribution in [-0.4, -0.2) is 53.1 Å². The monoisotopic (exact) mass is 434 g/mol. The summed E-state index contributed by atoms with van der Waals surface area (Å²) in [5.74, 6) is 0.535. The Morgan fingerprint density at radius 1 is 1.10 bits per heavy atom. The van der Waals surface area contributed by atoms with Gasteiger partial charge in [-0.2, -0.15) is 0 Å². The second-order valence-corrected chi connectivity index (χ2v) is 8.24. The fourth-order valence-corrected chi connectivity index (χ4v) is 4.56. The highest BCUT2D eigenvalue weighted by molar-refractivity contribution is 6.32. The van der Waals surface area contributed by atoms with E-state index in [1.165, 1.54) is 12.8 Å². The number of carbonyl (C=O) groups excluding carboxylic acids is 1. The highest BCUT2D eigenvalue weighted by Gasteiger charge is 2.33.